The molecule has 2 nitrogen and oxygen atoms in total. The fraction of sp³-hybridized carbons (Fsp3) is 0. The second kappa shape index (κ2) is 71.8. The van der Waals surface area contributed by atoms with Crippen LogP contribution in [0.4, 0.5) is 0 Å². The summed E-state index contributed by atoms with van der Waals surface area (Å²) >= 11 is 0. The van der Waals surface area contributed by atoms with E-state index in [0.29, 0.717) is 0 Å². The van der Waals surface area contributed by atoms with Crippen molar-refractivity contribution in [1.82, 2.24) is 0 Å². The zero-order chi connectivity index (χ0) is 0. The van der Waals surface area contributed by atoms with Gasteiger partial charge in [0.25, 0.3) is 0 Å². The van der Waals surface area contributed by atoms with Gasteiger partial charge >= 0.3 is 0 Å². The summed E-state index contributed by atoms with van der Waals surface area (Å²) < 4.78 is 0. The van der Waals surface area contributed by atoms with Gasteiger partial charge in [-0.1, -0.05) is 0 Å². The Morgan fingerprint density at radius 3 is 0.857 bits per heavy atom. The van der Waals surface area contributed by atoms with Gasteiger partial charge in [0.05, 0.1) is 0 Å². The predicted molar refractivity (Wildman–Crippen MR) is 7.23 cm³/mol. The molecule has 0 saturated carbocycles. The van der Waals surface area contributed by atoms with E-state index >= 15 is 0 Å². The van der Waals surface area contributed by atoms with Crippen LogP contribution in [0.3, 0.4) is 0 Å². The molecule has 0 fully saturated rings. The van der Waals surface area contributed by atoms with Crippen LogP contribution in [0, 0.1) is 0 Å². The van der Waals surface area contributed by atoms with Crippen molar-refractivity contribution >= 4 is 0 Å². The van der Waals surface area contributed by atoms with E-state index in [9.17, 15) is 0 Å². The van der Waals surface area contributed by atoms with Crippen molar-refractivity contribution in [2.75, 3.05) is 0 Å². The van der Waals surface area contributed by atoms with Crippen molar-refractivity contribution in [2.45, 2.75) is 0 Å². The third-order valence-electron chi connectivity index (χ3n) is 0. The Balaban J connectivity index is 0. The molecule has 0 saturated heterocycles. The maximum Gasteiger partial charge on any atom is 0 e. The SMILES string of the molecule is O.O.[Fe].[Mn].[Ni].[V].[Zn]. The largest absolute Gasteiger partial charge is 0.412 e. The van der Waals surface area contributed by atoms with E-state index in [-0.39, 0.29) is 99.6 Å². The first-order chi connectivity index (χ1) is 0. The minimum atomic E-state index is 0. The van der Waals surface area contributed by atoms with E-state index in [2.05, 4.69) is 0 Å². The zero-order valence-electron chi connectivity index (χ0n) is 3.20. The molecule has 4 N–H and O–H groups in total. The molecule has 7 heteroatoms. The van der Waals surface area contributed by atoms with Crippen molar-refractivity contribution < 1.29 is 99.6 Å². The van der Waals surface area contributed by atoms with Gasteiger partial charge in [-0.05, 0) is 0 Å². The summed E-state index contributed by atoms with van der Waals surface area (Å²) in [6, 6.07) is 0. The predicted octanol–water partition coefficient (Wildman–Crippen LogP) is -1.66. The summed E-state index contributed by atoms with van der Waals surface area (Å²) in [5.41, 5.74) is 0. The summed E-state index contributed by atoms with van der Waals surface area (Å²) in [6.45, 7) is 0. The Kier molecular flexibility index (Phi) is 1050. The first kappa shape index (κ1) is 102. The van der Waals surface area contributed by atoms with E-state index in [0.717, 1.165) is 0 Å². The van der Waals surface area contributed by atoms with Crippen LogP contribution in [0.5, 0.6) is 0 Å². The molecule has 0 aliphatic carbocycles. The normalized spacial score (nSPS) is 0. The van der Waals surface area contributed by atoms with Gasteiger partial charge in [-0.3, -0.25) is 0 Å². The number of rotatable bonds is 0. The third kappa shape index (κ3) is 54.3. The monoisotopic (exact) mass is 320 g/mol. The van der Waals surface area contributed by atoms with Crippen LogP contribution in [-0.4, -0.2) is 11.0 Å². The van der Waals surface area contributed by atoms with E-state index in [1.807, 2.05) is 0 Å². The minimum Gasteiger partial charge on any atom is -0.412 e. The second-order valence-electron chi connectivity index (χ2n) is 0. The molecule has 0 bridgehead atoms. The molecule has 7 heavy (non-hydrogen) atoms. The Hall–Kier alpha value is 2.66. The zero-order valence-corrected chi connectivity index (χ0v) is 10.8. The van der Waals surface area contributed by atoms with Gasteiger partial charge in [-0.15, -0.1) is 0 Å². The summed E-state index contributed by atoms with van der Waals surface area (Å²) in [4.78, 5) is 0. The summed E-state index contributed by atoms with van der Waals surface area (Å²) in [5.74, 6) is 0. The molecule has 0 heterocycles. The number of hydrogen-bond donors (Lipinski definition) is 0. The van der Waals surface area contributed by atoms with Gasteiger partial charge in [0, 0.05) is 88.7 Å². The first-order valence-electron chi connectivity index (χ1n) is 0. The van der Waals surface area contributed by atoms with Crippen LogP contribution < -0.4 is 0 Å². The third-order valence-corrected chi connectivity index (χ3v) is 0. The van der Waals surface area contributed by atoms with Crippen LogP contribution in [0.1, 0.15) is 0 Å². The number of hydrogen-bond acceptors (Lipinski definition) is 0. The van der Waals surface area contributed by atoms with Crippen molar-refractivity contribution in [1.29, 1.82) is 0 Å². The van der Waals surface area contributed by atoms with E-state index in [4.69, 9.17) is 0 Å². The molecule has 0 aromatic rings. The smallest absolute Gasteiger partial charge is 0 e. The maximum absolute atomic E-state index is 0. The molecule has 0 aliphatic heterocycles. The van der Waals surface area contributed by atoms with Crippen LogP contribution in [0.2, 0.25) is 0 Å². The van der Waals surface area contributed by atoms with Crippen molar-refractivity contribution in [3.8, 4) is 0 Å². The van der Waals surface area contributed by atoms with Crippen molar-refractivity contribution in [2.24, 2.45) is 0 Å². The second-order valence-corrected chi connectivity index (χ2v) is 0. The molecular formula is H4FeMnNiO2VZn. The van der Waals surface area contributed by atoms with Crippen LogP contribution in [0.25, 0.3) is 0 Å². The molecule has 48 valence electrons. The van der Waals surface area contributed by atoms with Crippen molar-refractivity contribution in [3.63, 3.8) is 0 Å². The van der Waals surface area contributed by atoms with Crippen molar-refractivity contribution in [3.05, 3.63) is 0 Å². The molecule has 2 radical (unpaired) electrons. The quantitative estimate of drug-likeness (QED) is 0.479. The van der Waals surface area contributed by atoms with Gasteiger partial charge in [0.15, 0.2) is 0 Å². The topological polar surface area (TPSA) is 63.0 Å². The summed E-state index contributed by atoms with van der Waals surface area (Å²) in [5, 5.41) is 0. The molecule has 0 spiro atoms. The molecule has 0 atom stereocenters. The molecule has 0 amide bonds. The van der Waals surface area contributed by atoms with Gasteiger partial charge in [-0.25, -0.2) is 0 Å². The first-order valence-corrected chi connectivity index (χ1v) is 0. The van der Waals surface area contributed by atoms with Gasteiger partial charge in [0.2, 0.25) is 0 Å². The summed E-state index contributed by atoms with van der Waals surface area (Å²) in [7, 11) is 0. The van der Waals surface area contributed by atoms with E-state index in [1.54, 1.807) is 0 Å². The molecule has 0 aliphatic rings. The Labute approximate surface area is 98.5 Å². The molecule has 0 unspecified atom stereocenters. The molecule has 0 rings (SSSR count). The average Bonchev–Trinajstić information content (AvgIpc) is 0. The molecule has 0 aromatic heterocycles. The summed E-state index contributed by atoms with van der Waals surface area (Å²) in [6.07, 6.45) is 0. The van der Waals surface area contributed by atoms with Gasteiger partial charge in [-0.2, -0.15) is 0 Å². The maximum atomic E-state index is 0. The van der Waals surface area contributed by atoms with E-state index < -0.39 is 0 Å². The Bertz CT molecular complexity index is 17.7. The fourth-order valence-electron chi connectivity index (χ4n) is 0. The Morgan fingerprint density at radius 1 is 0.857 bits per heavy atom. The molecule has 0 aromatic carbocycles. The average molecular weight is 322 g/mol. The van der Waals surface area contributed by atoms with Crippen LogP contribution >= 0.6 is 0 Å². The minimum absolute atomic E-state index is 0. The fourth-order valence-corrected chi connectivity index (χ4v) is 0. The van der Waals surface area contributed by atoms with Gasteiger partial charge in [0.1, 0.15) is 0 Å². The van der Waals surface area contributed by atoms with Crippen LogP contribution in [0.15, 0.2) is 0 Å². The van der Waals surface area contributed by atoms with Crippen LogP contribution in [-0.2, 0) is 88.7 Å². The molecular weight excluding hydrogens is 318 g/mol. The van der Waals surface area contributed by atoms with Gasteiger partial charge < -0.3 is 11.0 Å². The standard InChI is InChI=1S/Fe.Mn.Ni.2H2O.V.Zn/h;;;2*1H2;;. The van der Waals surface area contributed by atoms with E-state index in [1.165, 1.54) is 0 Å². The Morgan fingerprint density at radius 2 is 0.857 bits per heavy atom.